The normalized spacial score (nSPS) is 20.5. The van der Waals surface area contributed by atoms with Crippen LogP contribution < -0.4 is 5.32 Å². The summed E-state index contributed by atoms with van der Waals surface area (Å²) in [7, 11) is 0. The Balaban J connectivity index is 1.51. The Bertz CT molecular complexity index is 541. The van der Waals surface area contributed by atoms with Crippen LogP contribution in [0.3, 0.4) is 0 Å². The SMILES string of the molecule is C[C@@H](NC1CCN(Cc2ccccc2)C1)c1cccnc1. The molecule has 3 heteroatoms. The summed E-state index contributed by atoms with van der Waals surface area (Å²) >= 11 is 0. The predicted molar refractivity (Wildman–Crippen MR) is 85.9 cm³/mol. The Morgan fingerprint density at radius 1 is 1.24 bits per heavy atom. The van der Waals surface area contributed by atoms with Gasteiger partial charge in [0, 0.05) is 44.1 Å². The Morgan fingerprint density at radius 2 is 2.10 bits per heavy atom. The molecule has 2 aromatic rings. The fourth-order valence-electron chi connectivity index (χ4n) is 3.04. The second kappa shape index (κ2) is 6.83. The van der Waals surface area contributed by atoms with Crippen molar-refractivity contribution in [2.24, 2.45) is 0 Å². The van der Waals surface area contributed by atoms with Crippen LogP contribution in [0.1, 0.15) is 30.5 Å². The quantitative estimate of drug-likeness (QED) is 0.913. The molecular weight excluding hydrogens is 258 g/mol. The van der Waals surface area contributed by atoms with E-state index in [1.807, 2.05) is 18.5 Å². The standard InChI is InChI=1S/C18H23N3/c1-15(17-8-5-10-19-12-17)20-18-9-11-21(14-18)13-16-6-3-2-4-7-16/h2-8,10,12,15,18,20H,9,11,13-14H2,1H3/t15-,18?/m1/s1. The van der Waals surface area contributed by atoms with Crippen molar-refractivity contribution in [2.45, 2.75) is 32.0 Å². The molecule has 110 valence electrons. The molecule has 1 aliphatic rings. The zero-order chi connectivity index (χ0) is 14.5. The van der Waals surface area contributed by atoms with Gasteiger partial charge < -0.3 is 5.32 Å². The van der Waals surface area contributed by atoms with Gasteiger partial charge in [0.25, 0.3) is 0 Å². The Labute approximate surface area is 127 Å². The lowest BCUT2D eigenvalue weighted by atomic mass is 10.1. The number of nitrogens with zero attached hydrogens (tertiary/aromatic N) is 2. The zero-order valence-corrected chi connectivity index (χ0v) is 12.6. The third-order valence-corrected chi connectivity index (χ3v) is 4.19. The van der Waals surface area contributed by atoms with Crippen LogP contribution >= 0.6 is 0 Å². The smallest absolute Gasteiger partial charge is 0.0315 e. The van der Waals surface area contributed by atoms with E-state index in [0.29, 0.717) is 12.1 Å². The number of hydrogen-bond donors (Lipinski definition) is 1. The van der Waals surface area contributed by atoms with Crippen LogP contribution in [-0.4, -0.2) is 29.0 Å². The van der Waals surface area contributed by atoms with Crippen LogP contribution in [0.5, 0.6) is 0 Å². The van der Waals surface area contributed by atoms with Crippen molar-refractivity contribution < 1.29 is 0 Å². The maximum Gasteiger partial charge on any atom is 0.0315 e. The van der Waals surface area contributed by atoms with E-state index in [4.69, 9.17) is 0 Å². The largest absolute Gasteiger partial charge is 0.306 e. The summed E-state index contributed by atoms with van der Waals surface area (Å²) in [6, 6.07) is 15.8. The molecular formula is C18H23N3. The van der Waals surface area contributed by atoms with E-state index >= 15 is 0 Å². The lowest BCUT2D eigenvalue weighted by Gasteiger charge is -2.20. The molecule has 1 fully saturated rings. The van der Waals surface area contributed by atoms with Crippen molar-refractivity contribution in [3.63, 3.8) is 0 Å². The first-order chi connectivity index (χ1) is 10.3. The number of pyridine rings is 1. The highest BCUT2D eigenvalue weighted by atomic mass is 15.2. The lowest BCUT2D eigenvalue weighted by molar-refractivity contribution is 0.316. The molecule has 3 nitrogen and oxygen atoms in total. The van der Waals surface area contributed by atoms with E-state index < -0.39 is 0 Å². The minimum absolute atomic E-state index is 0.361. The third kappa shape index (κ3) is 3.90. The van der Waals surface area contributed by atoms with Crippen LogP contribution in [0.4, 0.5) is 0 Å². The Kier molecular flexibility index (Phi) is 4.63. The van der Waals surface area contributed by atoms with Crippen LogP contribution in [0.15, 0.2) is 54.9 Å². The second-order valence-corrected chi connectivity index (χ2v) is 5.88. The molecule has 1 saturated heterocycles. The van der Waals surface area contributed by atoms with E-state index in [0.717, 1.165) is 13.1 Å². The fraction of sp³-hybridized carbons (Fsp3) is 0.389. The van der Waals surface area contributed by atoms with Gasteiger partial charge in [0.15, 0.2) is 0 Å². The third-order valence-electron chi connectivity index (χ3n) is 4.19. The molecule has 21 heavy (non-hydrogen) atoms. The van der Waals surface area contributed by atoms with E-state index in [2.05, 4.69) is 58.5 Å². The summed E-state index contributed by atoms with van der Waals surface area (Å²) in [5.41, 5.74) is 2.66. The zero-order valence-electron chi connectivity index (χ0n) is 12.6. The van der Waals surface area contributed by atoms with E-state index in [-0.39, 0.29) is 0 Å². The van der Waals surface area contributed by atoms with Gasteiger partial charge in [0.1, 0.15) is 0 Å². The van der Waals surface area contributed by atoms with Crippen LogP contribution in [0.2, 0.25) is 0 Å². The van der Waals surface area contributed by atoms with Crippen molar-refractivity contribution in [1.29, 1.82) is 0 Å². The lowest BCUT2D eigenvalue weighted by Crippen LogP contribution is -2.34. The van der Waals surface area contributed by atoms with E-state index in [1.165, 1.54) is 24.1 Å². The van der Waals surface area contributed by atoms with Crippen LogP contribution in [-0.2, 0) is 6.54 Å². The van der Waals surface area contributed by atoms with Gasteiger partial charge in [0.2, 0.25) is 0 Å². The molecule has 1 aliphatic heterocycles. The van der Waals surface area contributed by atoms with E-state index in [9.17, 15) is 0 Å². The highest BCUT2D eigenvalue weighted by molar-refractivity contribution is 5.15. The molecule has 3 rings (SSSR count). The summed E-state index contributed by atoms with van der Waals surface area (Å²) in [5, 5.41) is 3.73. The predicted octanol–water partition coefficient (Wildman–Crippen LogP) is 3.01. The number of likely N-dealkylation sites (tertiary alicyclic amines) is 1. The van der Waals surface area contributed by atoms with Crippen LogP contribution in [0.25, 0.3) is 0 Å². The summed E-state index contributed by atoms with van der Waals surface area (Å²) in [4.78, 5) is 6.73. The molecule has 0 radical (unpaired) electrons. The van der Waals surface area contributed by atoms with Gasteiger partial charge >= 0.3 is 0 Å². The highest BCUT2D eigenvalue weighted by Crippen LogP contribution is 2.17. The maximum atomic E-state index is 4.20. The number of benzene rings is 1. The molecule has 0 bridgehead atoms. The molecule has 1 aromatic heterocycles. The number of hydrogen-bond acceptors (Lipinski definition) is 3. The molecule has 0 aliphatic carbocycles. The Hall–Kier alpha value is -1.71. The summed E-state index contributed by atoms with van der Waals surface area (Å²) in [5.74, 6) is 0. The molecule has 0 amide bonds. The highest BCUT2D eigenvalue weighted by Gasteiger charge is 2.23. The first kappa shape index (κ1) is 14.2. The van der Waals surface area contributed by atoms with Crippen LogP contribution in [0, 0.1) is 0 Å². The topological polar surface area (TPSA) is 28.2 Å². The van der Waals surface area contributed by atoms with Gasteiger partial charge in [-0.3, -0.25) is 9.88 Å². The van der Waals surface area contributed by atoms with E-state index in [1.54, 1.807) is 0 Å². The summed E-state index contributed by atoms with van der Waals surface area (Å²) in [6.45, 7) is 5.57. The molecule has 0 spiro atoms. The van der Waals surface area contributed by atoms with Crippen molar-refractivity contribution in [1.82, 2.24) is 15.2 Å². The van der Waals surface area contributed by atoms with Gasteiger partial charge in [-0.15, -0.1) is 0 Å². The number of aromatic nitrogens is 1. The molecule has 2 heterocycles. The average Bonchev–Trinajstić information content (AvgIpc) is 2.96. The number of rotatable bonds is 5. The second-order valence-electron chi connectivity index (χ2n) is 5.88. The van der Waals surface area contributed by atoms with Gasteiger partial charge in [-0.1, -0.05) is 36.4 Å². The fourth-order valence-corrected chi connectivity index (χ4v) is 3.04. The summed E-state index contributed by atoms with van der Waals surface area (Å²) in [6.07, 6.45) is 5.00. The van der Waals surface area contributed by atoms with Crippen molar-refractivity contribution in [2.75, 3.05) is 13.1 Å². The van der Waals surface area contributed by atoms with Crippen molar-refractivity contribution >= 4 is 0 Å². The molecule has 1 aromatic carbocycles. The minimum atomic E-state index is 0.361. The van der Waals surface area contributed by atoms with Gasteiger partial charge in [0.05, 0.1) is 0 Å². The molecule has 1 N–H and O–H groups in total. The monoisotopic (exact) mass is 281 g/mol. The first-order valence-electron chi connectivity index (χ1n) is 7.73. The molecule has 2 atom stereocenters. The average molecular weight is 281 g/mol. The van der Waals surface area contributed by atoms with Gasteiger partial charge in [-0.2, -0.15) is 0 Å². The molecule has 1 unspecified atom stereocenters. The van der Waals surface area contributed by atoms with Gasteiger partial charge in [-0.05, 0) is 30.5 Å². The summed E-state index contributed by atoms with van der Waals surface area (Å²) < 4.78 is 0. The van der Waals surface area contributed by atoms with Gasteiger partial charge in [-0.25, -0.2) is 0 Å². The minimum Gasteiger partial charge on any atom is -0.306 e. The number of nitrogens with one attached hydrogen (secondary N) is 1. The van der Waals surface area contributed by atoms with Crippen molar-refractivity contribution in [3.05, 3.63) is 66.0 Å². The Morgan fingerprint density at radius 3 is 2.86 bits per heavy atom. The van der Waals surface area contributed by atoms with Crippen molar-refractivity contribution in [3.8, 4) is 0 Å². The first-order valence-corrected chi connectivity index (χ1v) is 7.73. The maximum absolute atomic E-state index is 4.20. The molecule has 0 saturated carbocycles.